The molecule has 9 N–H and O–H groups in total. The number of aliphatic hydroxyl groups excluding tert-OH is 5. The number of aliphatic hydroxyl groups is 5. The summed E-state index contributed by atoms with van der Waals surface area (Å²) < 4.78 is 18.6. The van der Waals surface area contributed by atoms with Crippen molar-refractivity contribution in [1.29, 1.82) is 0 Å². The molecule has 0 aromatic rings. The second-order valence-corrected chi connectivity index (χ2v) is 10.6. The number of nitrogens with two attached hydrogens (primary N) is 2. The van der Waals surface area contributed by atoms with Crippen LogP contribution in [0, 0.1) is 23.2 Å². The summed E-state index contributed by atoms with van der Waals surface area (Å²) in [4.78, 5) is 0. The van der Waals surface area contributed by atoms with Crippen molar-refractivity contribution in [3.63, 3.8) is 0 Å². The van der Waals surface area contributed by atoms with Crippen LogP contribution in [0.5, 0.6) is 0 Å². The van der Waals surface area contributed by atoms with E-state index in [1.165, 1.54) is 0 Å². The Hall–Kier alpha value is -0.400. The van der Waals surface area contributed by atoms with Crippen molar-refractivity contribution in [1.82, 2.24) is 0 Å². The summed E-state index contributed by atoms with van der Waals surface area (Å²) in [5, 5.41) is 52.7. The molecule has 2 fully saturated rings. The monoisotopic (exact) mass is 506 g/mol. The van der Waals surface area contributed by atoms with E-state index in [1.54, 1.807) is 0 Å². The van der Waals surface area contributed by atoms with Gasteiger partial charge in [0.15, 0.2) is 12.6 Å². The highest BCUT2D eigenvalue weighted by molar-refractivity contribution is 5.09. The Morgan fingerprint density at radius 2 is 1.34 bits per heavy atom. The van der Waals surface area contributed by atoms with Gasteiger partial charge in [0.05, 0.1) is 55.3 Å². The SMILES string of the molecule is CCC(CC)(O[C@@H]1OC(CO)[C@@H](C(C)C)C(O)C1N)C(CC)(CC)[C@@H]1C(CO)O[C@@H](O)C(N)C1O. The molecule has 35 heavy (non-hydrogen) atoms. The molecule has 0 bridgehead atoms. The van der Waals surface area contributed by atoms with E-state index in [-0.39, 0.29) is 18.4 Å². The summed E-state index contributed by atoms with van der Waals surface area (Å²) in [6, 6.07) is -1.90. The number of hydrogen-bond acceptors (Lipinski definition) is 10. The molecule has 10 nitrogen and oxygen atoms in total. The van der Waals surface area contributed by atoms with E-state index in [1.807, 2.05) is 41.5 Å². The van der Waals surface area contributed by atoms with Crippen LogP contribution in [0.1, 0.15) is 67.2 Å². The van der Waals surface area contributed by atoms with Crippen LogP contribution < -0.4 is 11.5 Å². The minimum Gasteiger partial charge on any atom is -0.394 e. The lowest BCUT2D eigenvalue weighted by atomic mass is 9.54. The lowest BCUT2D eigenvalue weighted by Crippen LogP contribution is -2.69. The van der Waals surface area contributed by atoms with Gasteiger partial charge in [-0.05, 0) is 31.6 Å². The molecule has 0 aliphatic carbocycles. The van der Waals surface area contributed by atoms with Gasteiger partial charge in [0.25, 0.3) is 0 Å². The largest absolute Gasteiger partial charge is 0.394 e. The van der Waals surface area contributed by atoms with Crippen LogP contribution in [-0.2, 0) is 14.2 Å². The van der Waals surface area contributed by atoms with Gasteiger partial charge in [0.1, 0.15) is 0 Å². The van der Waals surface area contributed by atoms with Crippen molar-refractivity contribution < 1.29 is 39.7 Å². The lowest BCUT2D eigenvalue weighted by Gasteiger charge is -2.60. The average Bonchev–Trinajstić information content (AvgIpc) is 2.85. The van der Waals surface area contributed by atoms with E-state index < -0.39 is 72.6 Å². The van der Waals surface area contributed by atoms with Gasteiger partial charge in [-0.15, -0.1) is 0 Å². The molecule has 0 saturated carbocycles. The first-order valence-electron chi connectivity index (χ1n) is 13.2. The Morgan fingerprint density at radius 1 is 0.800 bits per heavy atom. The summed E-state index contributed by atoms with van der Waals surface area (Å²) in [7, 11) is 0. The molecule has 6 unspecified atom stereocenters. The fourth-order valence-corrected chi connectivity index (χ4v) is 7.04. The predicted octanol–water partition coefficient (Wildman–Crippen LogP) is 0.0597. The van der Waals surface area contributed by atoms with E-state index in [2.05, 4.69) is 0 Å². The Kier molecular flexibility index (Phi) is 10.9. The Labute approximate surface area is 209 Å². The Balaban J connectivity index is 2.55. The Bertz CT molecular complexity index is 641. The minimum atomic E-state index is -1.40. The van der Waals surface area contributed by atoms with E-state index >= 15 is 0 Å². The molecule has 0 amide bonds. The topological polar surface area (TPSA) is 181 Å². The summed E-state index contributed by atoms with van der Waals surface area (Å²) in [6.07, 6.45) is -3.84. The molecule has 2 aliphatic heterocycles. The molecule has 2 heterocycles. The fraction of sp³-hybridized carbons (Fsp3) is 1.00. The van der Waals surface area contributed by atoms with Crippen LogP contribution >= 0.6 is 0 Å². The second kappa shape index (κ2) is 12.4. The third-order valence-corrected chi connectivity index (χ3v) is 9.07. The van der Waals surface area contributed by atoms with E-state index in [9.17, 15) is 25.5 Å². The quantitative estimate of drug-likeness (QED) is 0.202. The Morgan fingerprint density at radius 3 is 1.77 bits per heavy atom. The summed E-state index contributed by atoms with van der Waals surface area (Å²) in [5.74, 6) is -0.960. The first-order chi connectivity index (χ1) is 16.4. The molecule has 208 valence electrons. The molecule has 2 aliphatic rings. The van der Waals surface area contributed by atoms with Gasteiger partial charge in [-0.1, -0.05) is 41.5 Å². The zero-order chi connectivity index (χ0) is 26.7. The third-order valence-electron chi connectivity index (χ3n) is 9.07. The van der Waals surface area contributed by atoms with Crippen molar-refractivity contribution in [2.75, 3.05) is 13.2 Å². The smallest absolute Gasteiger partial charge is 0.176 e. The zero-order valence-electron chi connectivity index (χ0n) is 22.2. The molecule has 0 radical (unpaired) electrons. The van der Waals surface area contributed by atoms with Crippen LogP contribution in [0.3, 0.4) is 0 Å². The van der Waals surface area contributed by atoms with Gasteiger partial charge >= 0.3 is 0 Å². The third kappa shape index (κ3) is 5.30. The average molecular weight is 507 g/mol. The van der Waals surface area contributed by atoms with Crippen LogP contribution in [0.15, 0.2) is 0 Å². The van der Waals surface area contributed by atoms with Crippen LogP contribution in [0.2, 0.25) is 0 Å². The first-order valence-corrected chi connectivity index (χ1v) is 13.2. The molecule has 2 rings (SSSR count). The van der Waals surface area contributed by atoms with Crippen LogP contribution in [0.25, 0.3) is 0 Å². The number of hydrogen-bond donors (Lipinski definition) is 7. The summed E-state index contributed by atoms with van der Waals surface area (Å²) in [5.41, 5.74) is 10.9. The maximum absolute atomic E-state index is 11.3. The molecular weight excluding hydrogens is 456 g/mol. The normalized spacial score (nSPS) is 39.3. The van der Waals surface area contributed by atoms with Crippen LogP contribution in [-0.4, -0.2) is 93.4 Å². The minimum absolute atomic E-state index is 0.0365. The van der Waals surface area contributed by atoms with E-state index in [0.29, 0.717) is 25.7 Å². The van der Waals surface area contributed by atoms with Crippen molar-refractivity contribution in [3.05, 3.63) is 0 Å². The van der Waals surface area contributed by atoms with Gasteiger partial charge in [-0.3, -0.25) is 0 Å². The van der Waals surface area contributed by atoms with Gasteiger partial charge in [0, 0.05) is 17.3 Å². The number of rotatable bonds is 11. The fourth-order valence-electron chi connectivity index (χ4n) is 7.04. The van der Waals surface area contributed by atoms with Crippen molar-refractivity contribution >= 4 is 0 Å². The molecule has 0 spiro atoms. The predicted molar refractivity (Wildman–Crippen MR) is 131 cm³/mol. The van der Waals surface area contributed by atoms with Gasteiger partial charge < -0.3 is 51.2 Å². The molecule has 10 heteroatoms. The van der Waals surface area contributed by atoms with Gasteiger partial charge in [0.2, 0.25) is 0 Å². The maximum atomic E-state index is 11.3. The van der Waals surface area contributed by atoms with Crippen LogP contribution in [0.4, 0.5) is 0 Å². The summed E-state index contributed by atoms with van der Waals surface area (Å²) in [6.45, 7) is 11.2. The molecule has 2 saturated heterocycles. The molecule has 0 aromatic carbocycles. The molecular formula is C25H50N2O8. The maximum Gasteiger partial charge on any atom is 0.176 e. The highest BCUT2D eigenvalue weighted by Gasteiger charge is 2.61. The van der Waals surface area contributed by atoms with Gasteiger partial charge in [-0.25, -0.2) is 0 Å². The van der Waals surface area contributed by atoms with E-state index in [0.717, 1.165) is 0 Å². The first kappa shape index (κ1) is 30.8. The highest BCUT2D eigenvalue weighted by atomic mass is 16.7. The van der Waals surface area contributed by atoms with Gasteiger partial charge in [-0.2, -0.15) is 0 Å². The van der Waals surface area contributed by atoms with E-state index in [4.69, 9.17) is 25.7 Å². The highest BCUT2D eigenvalue weighted by Crippen LogP contribution is 2.55. The van der Waals surface area contributed by atoms with Crippen molar-refractivity contribution in [3.8, 4) is 0 Å². The second-order valence-electron chi connectivity index (χ2n) is 10.6. The lowest BCUT2D eigenvalue weighted by molar-refractivity contribution is -0.335. The summed E-state index contributed by atoms with van der Waals surface area (Å²) >= 11 is 0. The molecule has 0 aromatic heterocycles. The number of ether oxygens (including phenoxy) is 3. The van der Waals surface area contributed by atoms with Crippen molar-refractivity contribution in [2.45, 2.75) is 122 Å². The standard InChI is InChI=1S/C25H50N2O8/c1-7-24(8-2,17-15(12-29)33-22(32)18(26)21(17)31)25(9-3,10-4)35-23-19(27)20(30)16(13(5)6)14(11-28)34-23/h13-23,28-32H,7-12,26-27H2,1-6H3/t14?,15?,16-,17-,18?,19?,20?,21?,22-,23+/m1/s1. The van der Waals surface area contributed by atoms with Crippen molar-refractivity contribution in [2.24, 2.45) is 34.6 Å². The zero-order valence-corrected chi connectivity index (χ0v) is 22.2. The molecule has 10 atom stereocenters.